The minimum Gasteiger partial charge on any atom is -0.494 e. The summed E-state index contributed by atoms with van der Waals surface area (Å²) in [6, 6.07) is 8.44. The standard InChI is InChI=1S/C13H19NO/c1-3-15-12-6-4-10(5-7-12)13(2)8-11(13)9-14/h4-7,11H,3,8-9,14H2,1-2H3. The normalized spacial score (nSPS) is 28.9. The van der Waals surface area contributed by atoms with Gasteiger partial charge in [-0.2, -0.15) is 0 Å². The summed E-state index contributed by atoms with van der Waals surface area (Å²) in [7, 11) is 0. The Morgan fingerprint density at radius 3 is 2.53 bits per heavy atom. The summed E-state index contributed by atoms with van der Waals surface area (Å²) in [5.74, 6) is 1.62. The van der Waals surface area contributed by atoms with E-state index in [9.17, 15) is 0 Å². The highest BCUT2D eigenvalue weighted by Gasteiger charge is 2.49. The topological polar surface area (TPSA) is 35.2 Å². The van der Waals surface area contributed by atoms with Gasteiger partial charge < -0.3 is 10.5 Å². The van der Waals surface area contributed by atoms with Gasteiger partial charge >= 0.3 is 0 Å². The minimum atomic E-state index is 0.319. The fourth-order valence-electron chi connectivity index (χ4n) is 2.25. The predicted molar refractivity (Wildman–Crippen MR) is 62.1 cm³/mol. The minimum absolute atomic E-state index is 0.319. The van der Waals surface area contributed by atoms with Crippen LogP contribution in [0.1, 0.15) is 25.8 Å². The van der Waals surface area contributed by atoms with Crippen LogP contribution in [0.4, 0.5) is 0 Å². The fraction of sp³-hybridized carbons (Fsp3) is 0.538. The molecule has 2 rings (SSSR count). The average molecular weight is 205 g/mol. The molecule has 0 heterocycles. The van der Waals surface area contributed by atoms with Crippen LogP contribution in [-0.4, -0.2) is 13.2 Å². The van der Waals surface area contributed by atoms with E-state index >= 15 is 0 Å². The molecule has 15 heavy (non-hydrogen) atoms. The van der Waals surface area contributed by atoms with Crippen LogP contribution in [0.2, 0.25) is 0 Å². The second-order valence-corrected chi connectivity index (χ2v) is 4.51. The van der Waals surface area contributed by atoms with Crippen LogP contribution in [0, 0.1) is 5.92 Å². The van der Waals surface area contributed by atoms with Crippen molar-refractivity contribution in [2.45, 2.75) is 25.7 Å². The highest BCUT2D eigenvalue weighted by molar-refractivity contribution is 5.36. The molecule has 2 nitrogen and oxygen atoms in total. The molecule has 0 aliphatic heterocycles. The quantitative estimate of drug-likeness (QED) is 0.818. The molecule has 0 spiro atoms. The second-order valence-electron chi connectivity index (χ2n) is 4.51. The lowest BCUT2D eigenvalue weighted by atomic mass is 9.95. The van der Waals surface area contributed by atoms with Crippen molar-refractivity contribution in [3.63, 3.8) is 0 Å². The molecule has 82 valence electrons. The summed E-state index contributed by atoms with van der Waals surface area (Å²) in [6.07, 6.45) is 1.22. The fourth-order valence-corrected chi connectivity index (χ4v) is 2.25. The first-order valence-electron chi connectivity index (χ1n) is 5.64. The van der Waals surface area contributed by atoms with E-state index in [2.05, 4.69) is 31.2 Å². The van der Waals surface area contributed by atoms with E-state index < -0.39 is 0 Å². The maximum absolute atomic E-state index is 5.70. The summed E-state index contributed by atoms with van der Waals surface area (Å²) in [6.45, 7) is 5.81. The number of hydrogen-bond donors (Lipinski definition) is 1. The first-order chi connectivity index (χ1) is 7.20. The van der Waals surface area contributed by atoms with Gasteiger partial charge in [-0.1, -0.05) is 19.1 Å². The Balaban J connectivity index is 2.11. The number of benzene rings is 1. The van der Waals surface area contributed by atoms with E-state index in [1.54, 1.807) is 0 Å². The van der Waals surface area contributed by atoms with Crippen molar-refractivity contribution in [1.29, 1.82) is 0 Å². The summed E-state index contributed by atoms with van der Waals surface area (Å²) in [5, 5.41) is 0. The Labute approximate surface area is 91.4 Å². The molecule has 2 N–H and O–H groups in total. The van der Waals surface area contributed by atoms with E-state index in [4.69, 9.17) is 10.5 Å². The van der Waals surface area contributed by atoms with Crippen molar-refractivity contribution >= 4 is 0 Å². The molecule has 1 aliphatic carbocycles. The van der Waals surface area contributed by atoms with Crippen molar-refractivity contribution in [3.8, 4) is 5.75 Å². The van der Waals surface area contributed by atoms with Crippen LogP contribution >= 0.6 is 0 Å². The van der Waals surface area contributed by atoms with E-state index in [-0.39, 0.29) is 0 Å². The van der Waals surface area contributed by atoms with Crippen molar-refractivity contribution in [2.75, 3.05) is 13.2 Å². The van der Waals surface area contributed by atoms with Crippen LogP contribution < -0.4 is 10.5 Å². The van der Waals surface area contributed by atoms with E-state index in [1.165, 1.54) is 12.0 Å². The molecule has 0 radical (unpaired) electrons. The van der Waals surface area contributed by atoms with Gasteiger partial charge in [-0.25, -0.2) is 0 Å². The third kappa shape index (κ3) is 1.86. The number of ether oxygens (including phenoxy) is 1. The third-order valence-electron chi connectivity index (χ3n) is 3.52. The Morgan fingerprint density at radius 2 is 2.07 bits per heavy atom. The Hall–Kier alpha value is -1.02. The lowest BCUT2D eigenvalue weighted by Crippen LogP contribution is -2.11. The summed E-state index contributed by atoms with van der Waals surface area (Å²) in [5.41, 5.74) is 7.41. The highest BCUT2D eigenvalue weighted by atomic mass is 16.5. The Morgan fingerprint density at radius 1 is 1.40 bits per heavy atom. The molecule has 2 heteroatoms. The summed E-state index contributed by atoms with van der Waals surface area (Å²) in [4.78, 5) is 0. The Bertz CT molecular complexity index is 333. The molecule has 1 fully saturated rings. The van der Waals surface area contributed by atoms with Crippen molar-refractivity contribution in [2.24, 2.45) is 11.7 Å². The smallest absolute Gasteiger partial charge is 0.119 e. The molecule has 1 saturated carbocycles. The zero-order valence-electron chi connectivity index (χ0n) is 9.49. The van der Waals surface area contributed by atoms with Gasteiger partial charge in [0.25, 0.3) is 0 Å². The molecule has 0 bridgehead atoms. The molecular formula is C13H19NO. The summed E-state index contributed by atoms with van der Waals surface area (Å²) < 4.78 is 5.42. The molecular weight excluding hydrogens is 186 g/mol. The number of hydrogen-bond acceptors (Lipinski definition) is 2. The van der Waals surface area contributed by atoms with Crippen molar-refractivity contribution in [3.05, 3.63) is 29.8 Å². The van der Waals surface area contributed by atoms with Crippen molar-refractivity contribution in [1.82, 2.24) is 0 Å². The third-order valence-corrected chi connectivity index (χ3v) is 3.52. The first-order valence-corrected chi connectivity index (χ1v) is 5.64. The molecule has 1 aromatic rings. The molecule has 0 aromatic heterocycles. The second kappa shape index (κ2) is 3.86. The molecule has 0 amide bonds. The van der Waals surface area contributed by atoms with E-state index in [0.29, 0.717) is 11.3 Å². The van der Waals surface area contributed by atoms with E-state index in [0.717, 1.165) is 18.9 Å². The maximum Gasteiger partial charge on any atom is 0.119 e. The molecule has 1 aromatic carbocycles. The molecule has 2 unspecified atom stereocenters. The van der Waals surface area contributed by atoms with Gasteiger partial charge in [0.05, 0.1) is 6.61 Å². The average Bonchev–Trinajstić information content (AvgIpc) is 2.93. The SMILES string of the molecule is CCOc1ccc(C2(C)CC2CN)cc1. The Kier molecular flexibility index (Phi) is 2.70. The maximum atomic E-state index is 5.70. The number of rotatable bonds is 4. The van der Waals surface area contributed by atoms with Gasteiger partial charge in [-0.05, 0) is 48.9 Å². The predicted octanol–water partition coefficient (Wildman–Crippen LogP) is 2.32. The molecule has 0 saturated heterocycles. The monoisotopic (exact) mass is 205 g/mol. The van der Waals surface area contributed by atoms with Crippen LogP contribution in [0.3, 0.4) is 0 Å². The van der Waals surface area contributed by atoms with Crippen LogP contribution in [-0.2, 0) is 5.41 Å². The van der Waals surface area contributed by atoms with Crippen molar-refractivity contribution < 1.29 is 4.74 Å². The van der Waals surface area contributed by atoms with Gasteiger partial charge in [0.15, 0.2) is 0 Å². The van der Waals surface area contributed by atoms with Crippen LogP contribution in [0.5, 0.6) is 5.75 Å². The van der Waals surface area contributed by atoms with Gasteiger partial charge in [-0.15, -0.1) is 0 Å². The number of nitrogens with two attached hydrogens (primary N) is 1. The zero-order chi connectivity index (χ0) is 10.9. The molecule has 2 atom stereocenters. The van der Waals surface area contributed by atoms with Crippen LogP contribution in [0.25, 0.3) is 0 Å². The lowest BCUT2D eigenvalue weighted by molar-refractivity contribution is 0.340. The van der Waals surface area contributed by atoms with E-state index in [1.807, 2.05) is 6.92 Å². The van der Waals surface area contributed by atoms with Gasteiger partial charge in [-0.3, -0.25) is 0 Å². The molecule has 1 aliphatic rings. The van der Waals surface area contributed by atoms with Gasteiger partial charge in [0.1, 0.15) is 5.75 Å². The largest absolute Gasteiger partial charge is 0.494 e. The highest BCUT2D eigenvalue weighted by Crippen LogP contribution is 2.53. The van der Waals surface area contributed by atoms with Crippen LogP contribution in [0.15, 0.2) is 24.3 Å². The zero-order valence-corrected chi connectivity index (χ0v) is 9.49. The lowest BCUT2D eigenvalue weighted by Gasteiger charge is -2.12. The first kappa shape index (κ1) is 10.5. The summed E-state index contributed by atoms with van der Waals surface area (Å²) >= 11 is 0. The van der Waals surface area contributed by atoms with Gasteiger partial charge in [0.2, 0.25) is 0 Å². The van der Waals surface area contributed by atoms with Gasteiger partial charge in [0, 0.05) is 0 Å².